The van der Waals surface area contributed by atoms with Gasteiger partial charge < -0.3 is 25.8 Å². The fourth-order valence-electron chi connectivity index (χ4n) is 4.48. The second-order valence-electron chi connectivity index (χ2n) is 8.83. The summed E-state index contributed by atoms with van der Waals surface area (Å²) in [6, 6.07) is 8.44. The lowest BCUT2D eigenvalue weighted by atomic mass is 9.91. The number of ether oxygens (including phenoxy) is 1. The molecule has 2 unspecified atom stereocenters. The maximum Gasteiger partial charge on any atom is 0.326 e. The molecule has 35 heavy (non-hydrogen) atoms. The fraction of sp³-hybridized carbons (Fsp3) is 0.385. The topological polar surface area (TPSA) is 139 Å². The number of rotatable bonds is 11. The Morgan fingerprint density at radius 2 is 1.89 bits per heavy atom. The normalized spacial score (nSPS) is 17.9. The van der Waals surface area contributed by atoms with E-state index in [1.165, 1.54) is 0 Å². The van der Waals surface area contributed by atoms with Crippen molar-refractivity contribution < 1.29 is 29.0 Å². The standard InChI is InChI=1S/C26H31N3O6/c1-4-17-22(24(31)25(27)32)21-18(29(17)13-16-9-6-5-7-10-16)11-8-12-19(21)35-14-20(30)28-23(15(2)3)26(33)34/h5-10,12,15,18,23H,4,11,13-14H2,1-3H3,(H2,27,32)(H,28,30)(H,33,34). The third-order valence-corrected chi connectivity index (χ3v) is 6.10. The molecule has 2 aliphatic rings. The van der Waals surface area contributed by atoms with Crippen LogP contribution in [0.5, 0.6) is 0 Å². The van der Waals surface area contributed by atoms with Crippen molar-refractivity contribution in [2.24, 2.45) is 11.7 Å². The number of carboxylic acids is 1. The summed E-state index contributed by atoms with van der Waals surface area (Å²) in [6.07, 6.45) is 4.63. The Bertz CT molecular complexity index is 1100. The lowest BCUT2D eigenvalue weighted by molar-refractivity contribution is -0.143. The Labute approximate surface area is 204 Å². The molecule has 0 saturated heterocycles. The van der Waals surface area contributed by atoms with Gasteiger partial charge in [0, 0.05) is 17.8 Å². The Kier molecular flexibility index (Phi) is 8.11. The van der Waals surface area contributed by atoms with E-state index in [1.54, 1.807) is 19.9 Å². The van der Waals surface area contributed by atoms with Gasteiger partial charge in [-0.15, -0.1) is 0 Å². The van der Waals surface area contributed by atoms with Gasteiger partial charge in [0.15, 0.2) is 6.61 Å². The van der Waals surface area contributed by atoms with Crippen molar-refractivity contribution in [1.82, 2.24) is 10.2 Å². The minimum atomic E-state index is -1.13. The van der Waals surface area contributed by atoms with Gasteiger partial charge in [-0.3, -0.25) is 14.4 Å². The molecule has 0 saturated carbocycles. The molecule has 0 aromatic heterocycles. The van der Waals surface area contributed by atoms with E-state index in [9.17, 15) is 24.3 Å². The number of nitrogens with zero attached hydrogens (tertiary/aromatic N) is 1. The van der Waals surface area contributed by atoms with E-state index in [-0.39, 0.29) is 17.5 Å². The van der Waals surface area contributed by atoms with Gasteiger partial charge >= 0.3 is 5.97 Å². The summed E-state index contributed by atoms with van der Waals surface area (Å²) in [5, 5.41) is 11.8. The van der Waals surface area contributed by atoms with Gasteiger partial charge in [-0.05, 0) is 30.4 Å². The first-order valence-electron chi connectivity index (χ1n) is 11.6. The zero-order chi connectivity index (χ0) is 25.7. The SMILES string of the molecule is CCC1=C(C(=O)C(N)=O)C2=C(OCC(=O)NC(C(=O)O)C(C)C)C=CCC2N1Cc1ccccc1. The molecule has 0 spiro atoms. The van der Waals surface area contributed by atoms with Crippen LogP contribution in [0.2, 0.25) is 0 Å². The molecule has 2 amide bonds. The van der Waals surface area contributed by atoms with Gasteiger partial charge in [0.1, 0.15) is 11.8 Å². The molecule has 1 aromatic rings. The highest BCUT2D eigenvalue weighted by Crippen LogP contribution is 2.42. The number of fused-ring (bicyclic) bond motifs is 1. The highest BCUT2D eigenvalue weighted by atomic mass is 16.5. The smallest absolute Gasteiger partial charge is 0.326 e. The van der Waals surface area contributed by atoms with Gasteiger partial charge in [-0.2, -0.15) is 0 Å². The molecule has 1 aliphatic heterocycles. The van der Waals surface area contributed by atoms with Gasteiger partial charge in [-0.1, -0.05) is 57.2 Å². The molecule has 0 radical (unpaired) electrons. The van der Waals surface area contributed by atoms with Gasteiger partial charge in [0.2, 0.25) is 0 Å². The first-order valence-corrected chi connectivity index (χ1v) is 11.6. The number of benzene rings is 1. The van der Waals surface area contributed by atoms with Crippen LogP contribution >= 0.6 is 0 Å². The summed E-state index contributed by atoms with van der Waals surface area (Å²) in [5.41, 5.74) is 7.86. The first-order chi connectivity index (χ1) is 16.6. The highest BCUT2D eigenvalue weighted by Gasteiger charge is 2.42. The molecular weight excluding hydrogens is 450 g/mol. The third-order valence-electron chi connectivity index (χ3n) is 6.10. The molecule has 9 heteroatoms. The summed E-state index contributed by atoms with van der Waals surface area (Å²) in [7, 11) is 0. The number of nitrogens with two attached hydrogens (primary N) is 1. The monoisotopic (exact) mass is 481 g/mol. The van der Waals surface area contributed by atoms with E-state index in [0.717, 1.165) is 5.56 Å². The van der Waals surface area contributed by atoms with E-state index in [1.807, 2.05) is 43.3 Å². The quantitative estimate of drug-likeness (QED) is 0.411. The van der Waals surface area contributed by atoms with Crippen LogP contribution in [-0.4, -0.2) is 52.3 Å². The third kappa shape index (κ3) is 5.62. The van der Waals surface area contributed by atoms with Crippen LogP contribution < -0.4 is 11.1 Å². The minimum Gasteiger partial charge on any atom is -0.483 e. The van der Waals surface area contributed by atoms with E-state index >= 15 is 0 Å². The van der Waals surface area contributed by atoms with Crippen LogP contribution in [0.3, 0.4) is 0 Å². The molecule has 1 aliphatic carbocycles. The van der Waals surface area contributed by atoms with Crippen LogP contribution in [0, 0.1) is 5.92 Å². The van der Waals surface area contributed by atoms with Crippen molar-refractivity contribution in [2.75, 3.05) is 6.61 Å². The predicted octanol–water partition coefficient (Wildman–Crippen LogP) is 2.05. The molecule has 2 atom stereocenters. The van der Waals surface area contributed by atoms with Crippen LogP contribution in [0.1, 0.15) is 39.2 Å². The number of amides is 2. The van der Waals surface area contributed by atoms with Crippen molar-refractivity contribution in [2.45, 2.75) is 52.2 Å². The zero-order valence-electron chi connectivity index (χ0n) is 20.1. The van der Waals surface area contributed by atoms with Crippen LogP contribution in [0.15, 0.2) is 65.1 Å². The average molecular weight is 482 g/mol. The molecule has 3 rings (SSSR count). The Morgan fingerprint density at radius 3 is 2.46 bits per heavy atom. The van der Waals surface area contributed by atoms with Crippen molar-refractivity contribution >= 4 is 23.6 Å². The molecule has 4 N–H and O–H groups in total. The number of primary amides is 1. The average Bonchev–Trinajstić information content (AvgIpc) is 3.14. The summed E-state index contributed by atoms with van der Waals surface area (Å²) in [5.74, 6) is -3.62. The van der Waals surface area contributed by atoms with Gasteiger partial charge in [-0.25, -0.2) is 4.79 Å². The molecule has 1 heterocycles. The second kappa shape index (κ2) is 11.0. The molecule has 9 nitrogen and oxygen atoms in total. The van der Waals surface area contributed by atoms with Crippen molar-refractivity contribution in [1.29, 1.82) is 0 Å². The van der Waals surface area contributed by atoms with E-state index in [0.29, 0.717) is 36.4 Å². The van der Waals surface area contributed by atoms with Crippen LogP contribution in [0.4, 0.5) is 0 Å². The molecule has 1 aromatic carbocycles. The van der Waals surface area contributed by atoms with Crippen LogP contribution in [-0.2, 0) is 30.5 Å². The second-order valence-corrected chi connectivity index (χ2v) is 8.83. The molecule has 186 valence electrons. The molecular formula is C26H31N3O6. The summed E-state index contributed by atoms with van der Waals surface area (Å²) in [4.78, 5) is 50.8. The van der Waals surface area contributed by atoms with E-state index < -0.39 is 36.2 Å². The van der Waals surface area contributed by atoms with Gasteiger partial charge in [0.05, 0.1) is 11.6 Å². The first kappa shape index (κ1) is 25.7. The summed E-state index contributed by atoms with van der Waals surface area (Å²) >= 11 is 0. The maximum atomic E-state index is 12.9. The number of carbonyl (C=O) groups is 4. The van der Waals surface area contributed by atoms with Crippen molar-refractivity contribution in [3.63, 3.8) is 0 Å². The van der Waals surface area contributed by atoms with E-state index in [4.69, 9.17) is 10.5 Å². The molecule has 0 fully saturated rings. The van der Waals surface area contributed by atoms with Crippen LogP contribution in [0.25, 0.3) is 0 Å². The number of ketones is 1. The summed E-state index contributed by atoms with van der Waals surface area (Å²) in [6.45, 7) is 5.36. The van der Waals surface area contributed by atoms with E-state index in [2.05, 4.69) is 10.2 Å². The largest absolute Gasteiger partial charge is 0.483 e. The fourth-order valence-corrected chi connectivity index (χ4v) is 4.48. The highest BCUT2D eigenvalue weighted by molar-refractivity contribution is 6.43. The number of nitrogens with one attached hydrogen (secondary N) is 1. The Balaban J connectivity index is 1.94. The predicted molar refractivity (Wildman–Crippen MR) is 128 cm³/mol. The number of allylic oxidation sites excluding steroid dienone is 2. The number of Topliss-reactive ketones (excluding diaryl/α,β-unsaturated/α-hetero) is 1. The Morgan fingerprint density at radius 1 is 1.20 bits per heavy atom. The lowest BCUT2D eigenvalue weighted by Gasteiger charge is -2.31. The minimum absolute atomic E-state index is 0.214. The lowest BCUT2D eigenvalue weighted by Crippen LogP contribution is -2.45. The maximum absolute atomic E-state index is 12.9. The number of hydrogen-bond donors (Lipinski definition) is 3. The van der Waals surface area contributed by atoms with Crippen molar-refractivity contribution in [3.8, 4) is 0 Å². The van der Waals surface area contributed by atoms with Gasteiger partial charge in [0.25, 0.3) is 17.6 Å². The summed E-state index contributed by atoms with van der Waals surface area (Å²) < 4.78 is 5.79. The van der Waals surface area contributed by atoms with Crippen molar-refractivity contribution in [3.05, 3.63) is 70.6 Å². The number of hydrogen-bond acceptors (Lipinski definition) is 6. The number of aliphatic carboxylic acids is 1. The zero-order valence-corrected chi connectivity index (χ0v) is 20.1. The number of carboxylic acid groups (broad SMARTS) is 1. The molecule has 0 bridgehead atoms. The number of carbonyl (C=O) groups excluding carboxylic acids is 3. The Hall–Kier alpha value is -3.88.